The second-order valence-corrected chi connectivity index (χ2v) is 10.9. The summed E-state index contributed by atoms with van der Waals surface area (Å²) in [5, 5.41) is 20.8. The maximum absolute atomic E-state index is 15.0. The number of likely N-dealkylation sites (tertiary alicyclic amines) is 1. The van der Waals surface area contributed by atoms with Gasteiger partial charge in [-0.2, -0.15) is 5.26 Å². The third-order valence-electron chi connectivity index (χ3n) is 8.21. The molecule has 38 heavy (non-hydrogen) atoms. The molecule has 1 aromatic heterocycles. The maximum Gasteiger partial charge on any atom is 0.228 e. The molecule has 2 aromatic carbocycles. The molecule has 0 bridgehead atoms. The number of pyridine rings is 1. The van der Waals surface area contributed by atoms with Crippen LogP contribution in [0, 0.1) is 34.3 Å². The van der Waals surface area contributed by atoms with E-state index in [4.69, 9.17) is 5.26 Å². The summed E-state index contributed by atoms with van der Waals surface area (Å²) in [6.07, 6.45) is 1.84. The number of piperidine rings is 1. The molecule has 3 aromatic rings. The van der Waals surface area contributed by atoms with Gasteiger partial charge < -0.3 is 14.9 Å². The van der Waals surface area contributed by atoms with Gasteiger partial charge in [0.05, 0.1) is 17.1 Å². The van der Waals surface area contributed by atoms with Crippen molar-refractivity contribution in [1.82, 2.24) is 9.88 Å². The maximum atomic E-state index is 15.0. The van der Waals surface area contributed by atoms with E-state index in [9.17, 15) is 18.7 Å². The molecule has 0 aliphatic carbocycles. The van der Waals surface area contributed by atoms with Gasteiger partial charge in [-0.3, -0.25) is 4.79 Å². The summed E-state index contributed by atoms with van der Waals surface area (Å²) in [4.78, 5) is 22.1. The number of amides is 1. The molecule has 3 heterocycles. The molecular formula is C30H30F2N4O2. The van der Waals surface area contributed by atoms with Gasteiger partial charge in [0.1, 0.15) is 23.5 Å². The highest BCUT2D eigenvalue weighted by Crippen LogP contribution is 2.47. The molecule has 2 aliphatic rings. The first-order chi connectivity index (χ1) is 18.1. The van der Waals surface area contributed by atoms with Gasteiger partial charge in [-0.1, -0.05) is 50.2 Å². The average Bonchev–Trinajstić information content (AvgIpc) is 3.35. The largest absolute Gasteiger partial charge is 0.384 e. The fourth-order valence-electron chi connectivity index (χ4n) is 5.99. The van der Waals surface area contributed by atoms with E-state index in [1.165, 1.54) is 18.3 Å². The number of carbonyl (C=O) groups is 1. The van der Waals surface area contributed by atoms with Crippen molar-refractivity contribution in [3.05, 3.63) is 95.2 Å². The molecule has 0 spiro atoms. The molecule has 2 aliphatic heterocycles. The van der Waals surface area contributed by atoms with E-state index >= 15 is 0 Å². The predicted molar refractivity (Wildman–Crippen MR) is 139 cm³/mol. The summed E-state index contributed by atoms with van der Waals surface area (Å²) in [6.45, 7) is 5.23. The number of nitriles is 1. The predicted octanol–water partition coefficient (Wildman–Crippen LogP) is 4.60. The zero-order chi connectivity index (χ0) is 27.1. The van der Waals surface area contributed by atoms with Crippen LogP contribution in [0.2, 0.25) is 0 Å². The molecule has 1 N–H and O–H groups in total. The van der Waals surface area contributed by atoms with Gasteiger partial charge >= 0.3 is 0 Å². The molecule has 2 fully saturated rings. The van der Waals surface area contributed by atoms with Gasteiger partial charge in [-0.05, 0) is 35.7 Å². The van der Waals surface area contributed by atoms with Crippen molar-refractivity contribution >= 4 is 11.7 Å². The lowest BCUT2D eigenvalue weighted by Gasteiger charge is -2.51. The lowest BCUT2D eigenvalue weighted by Crippen LogP contribution is -2.57. The number of rotatable bonds is 4. The van der Waals surface area contributed by atoms with Gasteiger partial charge in [0, 0.05) is 49.8 Å². The summed E-state index contributed by atoms with van der Waals surface area (Å²) in [5.74, 6) is -2.00. The van der Waals surface area contributed by atoms with Crippen LogP contribution >= 0.6 is 0 Å². The highest BCUT2D eigenvalue weighted by molar-refractivity contribution is 5.82. The van der Waals surface area contributed by atoms with Gasteiger partial charge in [-0.15, -0.1) is 0 Å². The number of aliphatic hydroxyl groups is 1. The second kappa shape index (κ2) is 9.80. The fraction of sp³-hybridized carbons (Fsp3) is 0.367. The van der Waals surface area contributed by atoms with Crippen molar-refractivity contribution in [3.63, 3.8) is 0 Å². The lowest BCUT2D eigenvalue weighted by molar-refractivity contribution is -0.156. The Bertz CT molecular complexity index is 1370. The number of hydrogen-bond donors (Lipinski definition) is 1. The standard InChI is InChI=1S/C30H30F2N4O2/c1-29(2)19-35(13-12-30(29,38)21-6-4-3-5-7-21)28(37)25-18-36(27-11-8-20(15-33)16-34-27)17-24(25)23-10-9-22(31)14-26(23)32/h3-11,14,16,24-25,38H,12-13,17-19H2,1-2H3/t24-,25+,30-/m0/s1. The minimum absolute atomic E-state index is 0.127. The topological polar surface area (TPSA) is 80.5 Å². The molecule has 1 amide bonds. The van der Waals surface area contributed by atoms with Crippen molar-refractivity contribution < 1.29 is 18.7 Å². The highest BCUT2D eigenvalue weighted by atomic mass is 19.1. The Kier molecular flexibility index (Phi) is 6.66. The van der Waals surface area contributed by atoms with E-state index in [0.717, 1.165) is 11.6 Å². The van der Waals surface area contributed by atoms with E-state index in [0.29, 0.717) is 44.0 Å². The summed E-state index contributed by atoms with van der Waals surface area (Å²) < 4.78 is 28.7. The number of halogens is 2. The Hall–Kier alpha value is -3.83. The normalized spacial score (nSPS) is 24.7. The summed E-state index contributed by atoms with van der Waals surface area (Å²) in [7, 11) is 0. The minimum atomic E-state index is -1.10. The molecule has 6 nitrogen and oxygen atoms in total. The monoisotopic (exact) mass is 516 g/mol. The third-order valence-corrected chi connectivity index (χ3v) is 8.21. The summed E-state index contributed by atoms with van der Waals surface area (Å²) in [6, 6.07) is 18.4. The first kappa shape index (κ1) is 25.8. The van der Waals surface area contributed by atoms with Crippen LogP contribution < -0.4 is 4.90 Å². The van der Waals surface area contributed by atoms with Crippen LogP contribution in [0.3, 0.4) is 0 Å². The Morgan fingerprint density at radius 1 is 1.11 bits per heavy atom. The number of aromatic nitrogens is 1. The number of benzene rings is 2. The SMILES string of the molecule is CC1(C)CN(C(=O)[C@@H]2CN(c3ccc(C#N)cn3)C[C@H]2c2ccc(F)cc2F)CC[C@]1(O)c1ccccc1. The van der Waals surface area contributed by atoms with Crippen molar-refractivity contribution in [2.45, 2.75) is 31.8 Å². The van der Waals surface area contributed by atoms with E-state index in [1.807, 2.05) is 55.1 Å². The van der Waals surface area contributed by atoms with Crippen LogP contribution in [0.25, 0.3) is 0 Å². The van der Waals surface area contributed by atoms with Gasteiger partial charge in [-0.25, -0.2) is 13.8 Å². The Balaban J connectivity index is 1.43. The number of carbonyl (C=O) groups excluding carboxylic acids is 1. The van der Waals surface area contributed by atoms with E-state index in [-0.39, 0.29) is 11.5 Å². The zero-order valence-electron chi connectivity index (χ0n) is 21.4. The smallest absolute Gasteiger partial charge is 0.228 e. The van der Waals surface area contributed by atoms with Crippen molar-refractivity contribution in [1.29, 1.82) is 5.26 Å². The number of anilines is 1. The number of nitrogens with zero attached hydrogens (tertiary/aromatic N) is 4. The lowest BCUT2D eigenvalue weighted by atomic mass is 9.66. The molecule has 8 heteroatoms. The Morgan fingerprint density at radius 2 is 1.87 bits per heavy atom. The van der Waals surface area contributed by atoms with Crippen molar-refractivity contribution in [2.75, 3.05) is 31.1 Å². The van der Waals surface area contributed by atoms with Crippen molar-refractivity contribution in [3.8, 4) is 6.07 Å². The molecule has 2 saturated heterocycles. The molecule has 0 saturated carbocycles. The fourth-order valence-corrected chi connectivity index (χ4v) is 5.99. The molecule has 0 radical (unpaired) electrons. The van der Waals surface area contributed by atoms with Crippen LogP contribution in [0.4, 0.5) is 14.6 Å². The van der Waals surface area contributed by atoms with Gasteiger partial charge in [0.15, 0.2) is 0 Å². The van der Waals surface area contributed by atoms with Gasteiger partial charge in [0.25, 0.3) is 0 Å². The van der Waals surface area contributed by atoms with Crippen LogP contribution in [0.5, 0.6) is 0 Å². The van der Waals surface area contributed by atoms with E-state index < -0.39 is 34.5 Å². The molecule has 0 unspecified atom stereocenters. The first-order valence-electron chi connectivity index (χ1n) is 12.8. The van der Waals surface area contributed by atoms with Crippen molar-refractivity contribution in [2.24, 2.45) is 11.3 Å². The summed E-state index contributed by atoms with van der Waals surface area (Å²) >= 11 is 0. The molecular weight excluding hydrogens is 486 g/mol. The molecule has 3 atom stereocenters. The minimum Gasteiger partial charge on any atom is -0.384 e. The highest BCUT2D eigenvalue weighted by Gasteiger charge is 2.51. The molecule has 5 rings (SSSR count). The Morgan fingerprint density at radius 3 is 2.50 bits per heavy atom. The first-order valence-corrected chi connectivity index (χ1v) is 12.8. The third kappa shape index (κ3) is 4.52. The van der Waals surface area contributed by atoms with Crippen LogP contribution in [-0.2, 0) is 10.4 Å². The van der Waals surface area contributed by atoms with Crippen LogP contribution in [0.15, 0.2) is 66.9 Å². The van der Waals surface area contributed by atoms with E-state index in [1.54, 1.807) is 17.0 Å². The average molecular weight is 517 g/mol. The van der Waals surface area contributed by atoms with Crippen LogP contribution in [-0.4, -0.2) is 47.1 Å². The second-order valence-electron chi connectivity index (χ2n) is 10.9. The Labute approximate surface area is 221 Å². The molecule has 196 valence electrons. The van der Waals surface area contributed by atoms with Gasteiger partial charge in [0.2, 0.25) is 5.91 Å². The van der Waals surface area contributed by atoms with Crippen LogP contribution in [0.1, 0.15) is 42.9 Å². The van der Waals surface area contributed by atoms with E-state index in [2.05, 4.69) is 4.98 Å². The quantitative estimate of drug-likeness (QED) is 0.548. The number of hydrogen-bond acceptors (Lipinski definition) is 5. The summed E-state index contributed by atoms with van der Waals surface area (Å²) in [5.41, 5.74) is -0.198. The zero-order valence-corrected chi connectivity index (χ0v) is 21.4.